The highest BCUT2D eigenvalue weighted by atomic mass is 35.5. The zero-order valence-corrected chi connectivity index (χ0v) is 23.3. The average Bonchev–Trinajstić information content (AvgIpc) is 3.02. The Kier molecular flexibility index (Phi) is 10.9. The molecule has 0 radical (unpaired) electrons. The van der Waals surface area contributed by atoms with Crippen LogP contribution in [0, 0.1) is 0 Å². The van der Waals surface area contributed by atoms with Gasteiger partial charge in [-0.05, 0) is 58.1 Å². The number of nitrogens with two attached hydrogens (primary N) is 1. The van der Waals surface area contributed by atoms with Crippen LogP contribution in [-0.4, -0.2) is 92.4 Å². The molecule has 0 aliphatic carbocycles. The van der Waals surface area contributed by atoms with Crippen LogP contribution in [0.25, 0.3) is 0 Å². The van der Waals surface area contributed by atoms with Crippen molar-refractivity contribution >= 4 is 29.2 Å². The lowest BCUT2D eigenvalue weighted by Crippen LogP contribution is -2.49. The number of esters is 1. The largest absolute Gasteiger partial charge is 0.493 e. The van der Waals surface area contributed by atoms with E-state index in [2.05, 4.69) is 15.1 Å². The summed E-state index contributed by atoms with van der Waals surface area (Å²) in [5, 5.41) is 3.27. The summed E-state index contributed by atoms with van der Waals surface area (Å²) in [5.41, 5.74) is 6.60. The van der Waals surface area contributed by atoms with Gasteiger partial charge < -0.3 is 25.3 Å². The third-order valence-corrected chi connectivity index (χ3v) is 8.10. The summed E-state index contributed by atoms with van der Waals surface area (Å²) < 4.78 is 17.2. The smallest absolute Gasteiger partial charge is 0.306 e. The van der Waals surface area contributed by atoms with Gasteiger partial charge in [0, 0.05) is 51.3 Å². The minimum atomic E-state index is -0.267. The molecule has 9 nitrogen and oxygen atoms in total. The van der Waals surface area contributed by atoms with Gasteiger partial charge >= 0.3 is 5.97 Å². The number of carbonyl (C=O) groups is 2. The highest BCUT2D eigenvalue weighted by Gasteiger charge is 2.33. The van der Waals surface area contributed by atoms with Gasteiger partial charge in [-0.25, -0.2) is 0 Å². The first kappa shape index (κ1) is 28.9. The van der Waals surface area contributed by atoms with Gasteiger partial charge in [-0.1, -0.05) is 18.0 Å². The van der Waals surface area contributed by atoms with Crippen molar-refractivity contribution in [1.29, 1.82) is 0 Å². The molecule has 1 amide bonds. The molecule has 0 spiro atoms. The minimum absolute atomic E-state index is 0.0500. The number of anilines is 1. The Morgan fingerprint density at radius 3 is 2.82 bits per heavy atom. The third-order valence-electron chi connectivity index (χ3n) is 7.78. The van der Waals surface area contributed by atoms with Crippen LogP contribution in [0.3, 0.4) is 0 Å². The maximum Gasteiger partial charge on any atom is 0.306 e. The van der Waals surface area contributed by atoms with E-state index >= 15 is 0 Å². The number of hydrogen-bond donors (Lipinski definition) is 2. The zero-order valence-electron chi connectivity index (χ0n) is 22.6. The highest BCUT2D eigenvalue weighted by molar-refractivity contribution is 6.33. The van der Waals surface area contributed by atoms with E-state index in [9.17, 15) is 9.59 Å². The van der Waals surface area contributed by atoms with Crippen molar-refractivity contribution in [3.8, 4) is 5.75 Å². The highest BCUT2D eigenvalue weighted by Crippen LogP contribution is 2.29. The van der Waals surface area contributed by atoms with Gasteiger partial charge in [0.1, 0.15) is 11.9 Å². The molecule has 3 saturated heterocycles. The van der Waals surface area contributed by atoms with E-state index < -0.39 is 0 Å². The van der Waals surface area contributed by atoms with Gasteiger partial charge in [0.05, 0.1) is 35.6 Å². The molecular weight excluding hydrogens is 508 g/mol. The van der Waals surface area contributed by atoms with E-state index in [-0.39, 0.29) is 24.1 Å². The summed E-state index contributed by atoms with van der Waals surface area (Å²) >= 11 is 6.13. The number of fused-ring (bicyclic) bond motifs is 1. The van der Waals surface area contributed by atoms with Crippen molar-refractivity contribution in [2.75, 3.05) is 58.2 Å². The van der Waals surface area contributed by atoms with Crippen molar-refractivity contribution in [1.82, 2.24) is 15.1 Å². The standard InChI is InChI=1S/C28H43ClN4O5/c1-2-36-26-16-25(30)24(29)15-23(26)28(35)31-17-22-18-32(13-14-37-22)11-5-3-4-9-27(34)38-21-8-6-7-20-10-12-33(20)19-21/h15-16,20-22H,2-14,17-19,30H2,1H3,(H,31,35)/t20?,21-,22-/m1/s1. The molecule has 0 saturated carbocycles. The molecule has 0 aromatic heterocycles. The van der Waals surface area contributed by atoms with Crippen molar-refractivity contribution < 1.29 is 23.8 Å². The van der Waals surface area contributed by atoms with Crippen LogP contribution < -0.4 is 15.8 Å². The lowest BCUT2D eigenvalue weighted by Gasteiger charge is -2.40. The van der Waals surface area contributed by atoms with Gasteiger partial charge in [-0.15, -0.1) is 0 Å². The van der Waals surface area contributed by atoms with Crippen LogP contribution in [0.1, 0.15) is 68.6 Å². The fourth-order valence-corrected chi connectivity index (χ4v) is 5.71. The summed E-state index contributed by atoms with van der Waals surface area (Å²) in [6, 6.07) is 3.85. The maximum atomic E-state index is 12.8. The lowest BCUT2D eigenvalue weighted by atomic mass is 10.00. The number of nitrogen functional groups attached to an aromatic ring is 1. The second-order valence-electron chi connectivity index (χ2n) is 10.6. The first-order valence-corrected chi connectivity index (χ1v) is 14.6. The monoisotopic (exact) mass is 550 g/mol. The molecule has 3 aliphatic rings. The van der Waals surface area contributed by atoms with Crippen molar-refractivity contribution in [3.63, 3.8) is 0 Å². The number of nitrogens with one attached hydrogen (secondary N) is 1. The van der Waals surface area contributed by atoms with E-state index in [0.29, 0.717) is 48.2 Å². The number of amides is 1. The van der Waals surface area contributed by atoms with E-state index in [4.69, 9.17) is 31.5 Å². The Labute approximate surface area is 231 Å². The normalized spacial score (nSPS) is 24.1. The molecule has 10 heteroatoms. The minimum Gasteiger partial charge on any atom is -0.493 e. The van der Waals surface area contributed by atoms with Gasteiger partial charge in [0.2, 0.25) is 0 Å². The number of carbonyl (C=O) groups excluding carboxylic acids is 2. The molecule has 1 aromatic rings. The lowest BCUT2D eigenvalue weighted by molar-refractivity contribution is -0.150. The van der Waals surface area contributed by atoms with E-state index in [0.717, 1.165) is 70.9 Å². The Morgan fingerprint density at radius 1 is 1.16 bits per heavy atom. The fourth-order valence-electron chi connectivity index (χ4n) is 5.55. The topological polar surface area (TPSA) is 106 Å². The van der Waals surface area contributed by atoms with Crippen LogP contribution in [-0.2, 0) is 14.3 Å². The van der Waals surface area contributed by atoms with E-state index in [1.807, 2.05) is 6.92 Å². The maximum absolute atomic E-state index is 12.8. The second kappa shape index (κ2) is 14.4. The molecule has 3 N–H and O–H groups in total. The predicted octanol–water partition coefficient (Wildman–Crippen LogP) is 3.48. The number of nitrogens with zero attached hydrogens (tertiary/aromatic N) is 2. The Hall–Kier alpha value is -2.07. The Balaban J connectivity index is 1.11. The van der Waals surface area contributed by atoms with E-state index in [1.165, 1.54) is 12.8 Å². The molecule has 3 heterocycles. The third kappa shape index (κ3) is 8.21. The molecule has 1 aromatic carbocycles. The van der Waals surface area contributed by atoms with Crippen LogP contribution >= 0.6 is 11.6 Å². The Bertz CT molecular complexity index is 948. The first-order valence-electron chi connectivity index (χ1n) is 14.2. The molecular formula is C28H43ClN4O5. The molecule has 212 valence electrons. The molecule has 3 aliphatic heterocycles. The number of halogens is 1. The predicted molar refractivity (Wildman–Crippen MR) is 148 cm³/mol. The molecule has 1 unspecified atom stereocenters. The van der Waals surface area contributed by atoms with Crippen LogP contribution in [0.2, 0.25) is 5.02 Å². The number of morpholine rings is 1. The number of benzene rings is 1. The summed E-state index contributed by atoms with van der Waals surface area (Å²) in [6.07, 6.45) is 8.05. The van der Waals surface area contributed by atoms with Crippen LogP contribution in [0.4, 0.5) is 5.69 Å². The van der Waals surface area contributed by atoms with Crippen molar-refractivity contribution in [3.05, 3.63) is 22.7 Å². The van der Waals surface area contributed by atoms with Crippen LogP contribution in [0.15, 0.2) is 12.1 Å². The number of unbranched alkanes of at least 4 members (excludes halogenated alkanes) is 2. The summed E-state index contributed by atoms with van der Waals surface area (Å²) in [4.78, 5) is 30.0. The van der Waals surface area contributed by atoms with Gasteiger partial charge in [-0.2, -0.15) is 0 Å². The molecule has 38 heavy (non-hydrogen) atoms. The molecule has 0 bridgehead atoms. The zero-order chi connectivity index (χ0) is 26.9. The molecule has 3 atom stereocenters. The Morgan fingerprint density at radius 2 is 2.03 bits per heavy atom. The first-order chi connectivity index (χ1) is 18.4. The number of rotatable bonds is 12. The number of hydrogen-bond acceptors (Lipinski definition) is 8. The summed E-state index contributed by atoms with van der Waals surface area (Å²) in [5.74, 6) is 0.100. The van der Waals surface area contributed by atoms with Gasteiger partial charge in [-0.3, -0.25) is 19.4 Å². The summed E-state index contributed by atoms with van der Waals surface area (Å²) in [7, 11) is 0. The van der Waals surface area contributed by atoms with Crippen molar-refractivity contribution in [2.45, 2.75) is 76.5 Å². The van der Waals surface area contributed by atoms with Gasteiger partial charge in [0.15, 0.2) is 0 Å². The average molecular weight is 551 g/mol. The van der Waals surface area contributed by atoms with Crippen LogP contribution in [0.5, 0.6) is 5.75 Å². The second-order valence-corrected chi connectivity index (χ2v) is 11.0. The number of ether oxygens (including phenoxy) is 3. The molecule has 3 fully saturated rings. The van der Waals surface area contributed by atoms with E-state index in [1.54, 1.807) is 12.1 Å². The fraction of sp³-hybridized carbons (Fsp3) is 0.714. The van der Waals surface area contributed by atoms with Gasteiger partial charge in [0.25, 0.3) is 5.91 Å². The quantitative estimate of drug-likeness (QED) is 0.231. The molecule has 4 rings (SSSR count). The summed E-state index contributed by atoms with van der Waals surface area (Å²) in [6.45, 7) is 7.93. The van der Waals surface area contributed by atoms with Crippen molar-refractivity contribution in [2.24, 2.45) is 0 Å². The SMILES string of the molecule is CCOc1cc(N)c(Cl)cc1C(=O)NC[C@@H]1CN(CCCCCC(=O)O[C@@H]2CCCC3CCN3C2)CCO1.